The number of nitrogens with zero attached hydrogens (tertiary/aromatic N) is 2. The van der Waals surface area contributed by atoms with Crippen LogP contribution in [0, 0.1) is 10.1 Å². The van der Waals surface area contributed by atoms with E-state index in [0.717, 1.165) is 0 Å². The Bertz CT molecular complexity index is 465. The number of nitrogen functional groups attached to an aromatic ring is 1. The fourth-order valence-corrected chi connectivity index (χ4v) is 1.43. The topological polar surface area (TPSA) is 84.4 Å². The fourth-order valence-electron chi connectivity index (χ4n) is 1.43. The molecule has 3 N–H and O–H groups in total. The average molecular weight is 278 g/mol. The van der Waals surface area contributed by atoms with Crippen molar-refractivity contribution in [3.05, 3.63) is 28.3 Å². The van der Waals surface area contributed by atoms with Gasteiger partial charge in [0.05, 0.1) is 17.0 Å². The zero-order valence-corrected chi connectivity index (χ0v) is 10.1. The van der Waals surface area contributed by atoms with Gasteiger partial charge in [-0.2, -0.15) is 13.2 Å². The molecule has 0 atom stereocenters. The molecule has 0 aliphatic heterocycles. The molecule has 0 saturated carbocycles. The predicted molar refractivity (Wildman–Crippen MR) is 64.8 cm³/mol. The van der Waals surface area contributed by atoms with Gasteiger partial charge in [0, 0.05) is 31.4 Å². The van der Waals surface area contributed by atoms with E-state index < -0.39 is 17.5 Å². The van der Waals surface area contributed by atoms with Gasteiger partial charge >= 0.3 is 6.18 Å². The Kier molecular flexibility index (Phi) is 4.54. The maximum Gasteiger partial charge on any atom is 0.390 e. The van der Waals surface area contributed by atoms with Crippen molar-refractivity contribution in [3.8, 4) is 0 Å². The quantitative estimate of drug-likeness (QED) is 0.490. The van der Waals surface area contributed by atoms with E-state index in [0.29, 0.717) is 0 Å². The molecular formula is C10H13F3N4O2. The zero-order valence-electron chi connectivity index (χ0n) is 10.1. The Morgan fingerprint density at radius 1 is 1.42 bits per heavy atom. The molecule has 0 aliphatic carbocycles. The van der Waals surface area contributed by atoms with Crippen LogP contribution in [0.4, 0.5) is 30.2 Å². The number of hydrogen-bond acceptors (Lipinski definition) is 5. The summed E-state index contributed by atoms with van der Waals surface area (Å²) in [5, 5.41) is 10.7. The number of nitro benzene ring substituents is 1. The number of nitro groups is 1. The zero-order chi connectivity index (χ0) is 14.6. The Hall–Kier alpha value is -2.03. The Morgan fingerprint density at radius 3 is 2.53 bits per heavy atom. The molecule has 0 unspecified atom stereocenters. The van der Waals surface area contributed by atoms with E-state index in [-0.39, 0.29) is 23.6 Å². The van der Waals surface area contributed by atoms with Crippen molar-refractivity contribution >= 4 is 17.1 Å². The smallest absolute Gasteiger partial charge is 0.374 e. The lowest BCUT2D eigenvalue weighted by molar-refractivity contribution is -0.384. The second-order valence-corrected chi connectivity index (χ2v) is 3.93. The summed E-state index contributed by atoms with van der Waals surface area (Å²) in [6.07, 6.45) is -5.28. The van der Waals surface area contributed by atoms with E-state index in [1.54, 1.807) is 0 Å². The molecule has 0 fully saturated rings. The van der Waals surface area contributed by atoms with E-state index in [9.17, 15) is 23.3 Å². The minimum Gasteiger partial charge on any atom is -0.374 e. The monoisotopic (exact) mass is 278 g/mol. The van der Waals surface area contributed by atoms with Gasteiger partial charge in [0.1, 0.15) is 0 Å². The molecule has 0 spiro atoms. The number of halogens is 3. The highest BCUT2D eigenvalue weighted by atomic mass is 19.4. The molecule has 9 heteroatoms. The minimum absolute atomic E-state index is 0.246. The van der Waals surface area contributed by atoms with Crippen molar-refractivity contribution in [2.24, 2.45) is 5.84 Å². The van der Waals surface area contributed by atoms with E-state index >= 15 is 0 Å². The normalized spacial score (nSPS) is 11.2. The number of hydrazine groups is 1. The first-order valence-electron chi connectivity index (χ1n) is 5.27. The number of anilines is 2. The molecular weight excluding hydrogens is 265 g/mol. The highest BCUT2D eigenvalue weighted by molar-refractivity contribution is 5.63. The van der Waals surface area contributed by atoms with Crippen LogP contribution in [-0.2, 0) is 0 Å². The molecule has 0 radical (unpaired) electrons. The van der Waals surface area contributed by atoms with E-state index in [1.807, 2.05) is 0 Å². The maximum atomic E-state index is 12.1. The number of rotatable bonds is 5. The van der Waals surface area contributed by atoms with Gasteiger partial charge < -0.3 is 10.3 Å². The van der Waals surface area contributed by atoms with E-state index in [1.165, 1.54) is 30.1 Å². The van der Waals surface area contributed by atoms with Gasteiger partial charge in [-0.25, -0.2) is 0 Å². The maximum absolute atomic E-state index is 12.1. The van der Waals surface area contributed by atoms with Crippen molar-refractivity contribution in [1.29, 1.82) is 0 Å². The Labute approximate surface area is 107 Å². The summed E-state index contributed by atoms with van der Waals surface area (Å²) >= 11 is 0. The minimum atomic E-state index is -4.27. The van der Waals surface area contributed by atoms with Crippen molar-refractivity contribution in [2.75, 3.05) is 23.9 Å². The third-order valence-electron chi connectivity index (χ3n) is 2.45. The molecule has 19 heavy (non-hydrogen) atoms. The van der Waals surface area contributed by atoms with Crippen molar-refractivity contribution < 1.29 is 18.1 Å². The Morgan fingerprint density at radius 2 is 2.05 bits per heavy atom. The molecule has 0 saturated heterocycles. The van der Waals surface area contributed by atoms with Crippen LogP contribution in [0.2, 0.25) is 0 Å². The third-order valence-corrected chi connectivity index (χ3v) is 2.45. The molecule has 106 valence electrons. The SMILES string of the molecule is CN(CCC(F)(F)F)c1cc(NN)cc([N+](=O)[O-])c1. The van der Waals surface area contributed by atoms with Crippen LogP contribution in [-0.4, -0.2) is 24.7 Å². The van der Waals surface area contributed by atoms with Crippen LogP contribution in [0.3, 0.4) is 0 Å². The largest absolute Gasteiger partial charge is 0.390 e. The van der Waals surface area contributed by atoms with Gasteiger partial charge in [0.2, 0.25) is 0 Å². The van der Waals surface area contributed by atoms with Crippen LogP contribution < -0.4 is 16.2 Å². The second-order valence-electron chi connectivity index (χ2n) is 3.93. The van der Waals surface area contributed by atoms with Crippen LogP contribution in [0.5, 0.6) is 0 Å². The molecule has 1 aromatic rings. The van der Waals surface area contributed by atoms with Crippen molar-refractivity contribution in [3.63, 3.8) is 0 Å². The molecule has 0 amide bonds. The number of alkyl halides is 3. The Balaban J connectivity index is 2.92. The van der Waals surface area contributed by atoms with Gasteiger partial charge in [0.25, 0.3) is 5.69 Å². The lowest BCUT2D eigenvalue weighted by Crippen LogP contribution is -2.24. The summed E-state index contributed by atoms with van der Waals surface area (Å²) in [7, 11) is 1.42. The molecule has 0 aliphatic rings. The first kappa shape index (κ1) is 15.0. The third kappa shape index (κ3) is 4.62. The highest BCUT2D eigenvalue weighted by Gasteiger charge is 2.27. The number of hydrogen-bond donors (Lipinski definition) is 2. The first-order chi connectivity index (χ1) is 8.73. The van der Waals surface area contributed by atoms with Crippen molar-refractivity contribution in [2.45, 2.75) is 12.6 Å². The summed E-state index contributed by atoms with van der Waals surface area (Å²) in [5.41, 5.74) is 2.53. The summed E-state index contributed by atoms with van der Waals surface area (Å²) < 4.78 is 36.4. The second kappa shape index (κ2) is 5.74. The molecule has 1 rings (SSSR count). The van der Waals surface area contributed by atoms with Crippen molar-refractivity contribution in [1.82, 2.24) is 0 Å². The van der Waals surface area contributed by atoms with E-state index in [2.05, 4.69) is 5.43 Å². The molecule has 0 heterocycles. The van der Waals surface area contributed by atoms with Crippen LogP contribution in [0.25, 0.3) is 0 Å². The highest BCUT2D eigenvalue weighted by Crippen LogP contribution is 2.27. The van der Waals surface area contributed by atoms with E-state index in [4.69, 9.17) is 5.84 Å². The lowest BCUT2D eigenvalue weighted by Gasteiger charge is -2.20. The summed E-state index contributed by atoms with van der Waals surface area (Å²) in [5.74, 6) is 5.16. The number of nitrogens with two attached hydrogens (primary N) is 1. The molecule has 0 aromatic heterocycles. The van der Waals surface area contributed by atoms with Gasteiger partial charge in [-0.3, -0.25) is 16.0 Å². The molecule has 1 aromatic carbocycles. The standard InChI is InChI=1S/C10H13F3N4O2/c1-16(3-2-10(11,12)13)8-4-7(15-14)5-9(6-8)17(18)19/h4-6,15H,2-3,14H2,1H3. The summed E-state index contributed by atoms with van der Waals surface area (Å²) in [6.45, 7) is -0.297. The predicted octanol–water partition coefficient (Wildman–Crippen LogP) is 2.27. The van der Waals surface area contributed by atoms with Gasteiger partial charge in [-0.15, -0.1) is 0 Å². The van der Waals surface area contributed by atoms with Crippen LogP contribution in [0.15, 0.2) is 18.2 Å². The van der Waals surface area contributed by atoms with Crippen LogP contribution >= 0.6 is 0 Å². The summed E-state index contributed by atoms with van der Waals surface area (Å²) in [6, 6.07) is 3.82. The van der Waals surface area contributed by atoms with Gasteiger partial charge in [0.15, 0.2) is 0 Å². The van der Waals surface area contributed by atoms with Gasteiger partial charge in [-0.05, 0) is 6.07 Å². The molecule has 6 nitrogen and oxygen atoms in total. The van der Waals surface area contributed by atoms with Crippen LogP contribution in [0.1, 0.15) is 6.42 Å². The number of benzene rings is 1. The average Bonchev–Trinajstić information content (AvgIpc) is 2.34. The molecule has 0 bridgehead atoms. The summed E-state index contributed by atoms with van der Waals surface area (Å²) in [4.78, 5) is 11.3. The first-order valence-corrected chi connectivity index (χ1v) is 5.27. The fraction of sp³-hybridized carbons (Fsp3) is 0.400. The lowest BCUT2D eigenvalue weighted by atomic mass is 10.2. The van der Waals surface area contributed by atoms with Gasteiger partial charge in [-0.1, -0.05) is 0 Å². The number of non-ortho nitro benzene ring substituents is 1. The number of nitrogens with one attached hydrogen (secondary N) is 1.